The molecule has 18 heavy (non-hydrogen) atoms. The van der Waals surface area contributed by atoms with E-state index in [-0.39, 0.29) is 0 Å². The van der Waals surface area contributed by atoms with Gasteiger partial charge < -0.3 is 18.9 Å². The SMILES string of the molecule is CCOC1(OCC)CCCC12OC(=O)C=C2OC. The molecule has 0 bridgehead atoms. The van der Waals surface area contributed by atoms with Gasteiger partial charge in [0, 0.05) is 26.1 Å². The Bertz CT molecular complexity index is 356. The van der Waals surface area contributed by atoms with Crippen molar-refractivity contribution >= 4 is 5.97 Å². The first-order valence-corrected chi connectivity index (χ1v) is 6.41. The Morgan fingerprint density at radius 1 is 1.28 bits per heavy atom. The highest BCUT2D eigenvalue weighted by molar-refractivity contribution is 5.86. The molecule has 5 heteroatoms. The molecule has 0 N–H and O–H groups in total. The van der Waals surface area contributed by atoms with Crippen LogP contribution in [0.4, 0.5) is 0 Å². The van der Waals surface area contributed by atoms with Crippen LogP contribution in [0.5, 0.6) is 0 Å². The molecule has 1 unspecified atom stereocenters. The monoisotopic (exact) mass is 256 g/mol. The van der Waals surface area contributed by atoms with E-state index in [4.69, 9.17) is 18.9 Å². The third-order valence-corrected chi connectivity index (χ3v) is 3.55. The summed E-state index contributed by atoms with van der Waals surface area (Å²) < 4.78 is 22.5. The standard InChI is InChI=1S/C13H20O5/c1-4-16-13(17-5-2)8-6-7-12(13)10(15-3)9-11(14)18-12/h9H,4-8H2,1-3H3. The summed E-state index contributed by atoms with van der Waals surface area (Å²) in [5.74, 6) is -0.797. The van der Waals surface area contributed by atoms with Crippen molar-refractivity contribution in [1.82, 2.24) is 0 Å². The van der Waals surface area contributed by atoms with Crippen molar-refractivity contribution in [2.75, 3.05) is 20.3 Å². The first kappa shape index (κ1) is 13.4. The molecule has 102 valence electrons. The fourth-order valence-corrected chi connectivity index (χ4v) is 2.99. The largest absolute Gasteiger partial charge is 0.496 e. The van der Waals surface area contributed by atoms with E-state index in [1.54, 1.807) is 0 Å². The van der Waals surface area contributed by atoms with Crippen LogP contribution in [0.25, 0.3) is 0 Å². The molecule has 2 rings (SSSR count). The number of rotatable bonds is 5. The van der Waals surface area contributed by atoms with E-state index >= 15 is 0 Å². The third kappa shape index (κ3) is 1.73. The van der Waals surface area contributed by atoms with Gasteiger partial charge in [-0.3, -0.25) is 0 Å². The molecule has 1 aliphatic carbocycles. The van der Waals surface area contributed by atoms with Gasteiger partial charge in [-0.25, -0.2) is 4.79 Å². The number of hydrogen-bond donors (Lipinski definition) is 0. The summed E-state index contributed by atoms with van der Waals surface area (Å²) in [6.07, 6.45) is 3.62. The highest BCUT2D eigenvalue weighted by atomic mass is 16.7. The van der Waals surface area contributed by atoms with Crippen molar-refractivity contribution in [3.05, 3.63) is 11.8 Å². The van der Waals surface area contributed by atoms with Gasteiger partial charge in [-0.05, 0) is 20.3 Å². The molecule has 5 nitrogen and oxygen atoms in total. The Kier molecular flexibility index (Phi) is 3.64. The smallest absolute Gasteiger partial charge is 0.335 e. The third-order valence-electron chi connectivity index (χ3n) is 3.55. The van der Waals surface area contributed by atoms with Gasteiger partial charge >= 0.3 is 5.97 Å². The lowest BCUT2D eigenvalue weighted by atomic mass is 9.94. The lowest BCUT2D eigenvalue weighted by molar-refractivity contribution is -0.300. The van der Waals surface area contributed by atoms with E-state index in [0.29, 0.717) is 31.8 Å². The normalized spacial score (nSPS) is 29.5. The molecular weight excluding hydrogens is 236 g/mol. The second kappa shape index (κ2) is 4.90. The van der Waals surface area contributed by atoms with E-state index in [9.17, 15) is 4.79 Å². The van der Waals surface area contributed by atoms with E-state index in [1.807, 2.05) is 13.8 Å². The Balaban J connectivity index is 2.40. The molecule has 0 aromatic carbocycles. The number of hydrogen-bond acceptors (Lipinski definition) is 5. The average molecular weight is 256 g/mol. The van der Waals surface area contributed by atoms with E-state index in [1.165, 1.54) is 13.2 Å². The highest BCUT2D eigenvalue weighted by Gasteiger charge is 2.65. The van der Waals surface area contributed by atoms with Crippen molar-refractivity contribution in [1.29, 1.82) is 0 Å². The maximum atomic E-state index is 11.6. The van der Waals surface area contributed by atoms with Gasteiger partial charge in [-0.15, -0.1) is 0 Å². The van der Waals surface area contributed by atoms with Crippen molar-refractivity contribution in [2.24, 2.45) is 0 Å². The van der Waals surface area contributed by atoms with Crippen LogP contribution in [0, 0.1) is 0 Å². The summed E-state index contributed by atoms with van der Waals surface area (Å²) in [6.45, 7) is 4.80. The second-order valence-electron chi connectivity index (χ2n) is 4.43. The van der Waals surface area contributed by atoms with Gasteiger partial charge in [0.15, 0.2) is 5.76 Å². The quantitative estimate of drug-likeness (QED) is 0.554. The molecule has 0 radical (unpaired) electrons. The molecule has 1 atom stereocenters. The fourth-order valence-electron chi connectivity index (χ4n) is 2.99. The number of carbonyl (C=O) groups is 1. The molecule has 1 heterocycles. The zero-order valence-electron chi connectivity index (χ0n) is 11.2. The predicted octanol–water partition coefficient (Wildman–Crippen LogP) is 1.77. The van der Waals surface area contributed by atoms with E-state index in [0.717, 1.165) is 6.42 Å². The summed E-state index contributed by atoms with van der Waals surface area (Å²) in [4.78, 5) is 11.6. The Morgan fingerprint density at radius 2 is 1.94 bits per heavy atom. The minimum atomic E-state index is -0.912. The number of methoxy groups -OCH3 is 1. The molecule has 1 aliphatic heterocycles. The van der Waals surface area contributed by atoms with Crippen LogP contribution in [0.3, 0.4) is 0 Å². The van der Waals surface area contributed by atoms with Crippen molar-refractivity contribution in [3.63, 3.8) is 0 Å². The van der Waals surface area contributed by atoms with Crippen LogP contribution in [0.2, 0.25) is 0 Å². The number of esters is 1. The Labute approximate surface area is 107 Å². The molecule has 2 aliphatic rings. The number of carbonyl (C=O) groups excluding carboxylic acids is 1. The summed E-state index contributed by atoms with van der Waals surface area (Å²) in [6, 6.07) is 0. The molecule has 0 aromatic heterocycles. The summed E-state index contributed by atoms with van der Waals surface area (Å²) in [5, 5.41) is 0. The van der Waals surface area contributed by atoms with Gasteiger partial charge in [0.1, 0.15) is 0 Å². The highest BCUT2D eigenvalue weighted by Crippen LogP contribution is 2.52. The summed E-state index contributed by atoms with van der Waals surface area (Å²) in [5.41, 5.74) is -0.912. The van der Waals surface area contributed by atoms with E-state index < -0.39 is 17.4 Å². The molecule has 0 aromatic rings. The lowest BCUT2D eigenvalue weighted by Gasteiger charge is -2.41. The lowest BCUT2D eigenvalue weighted by Crippen LogP contribution is -2.55. The zero-order valence-corrected chi connectivity index (χ0v) is 11.2. The predicted molar refractivity (Wildman–Crippen MR) is 63.7 cm³/mol. The number of ether oxygens (including phenoxy) is 4. The van der Waals surface area contributed by atoms with Gasteiger partial charge in [0.2, 0.25) is 11.4 Å². The fraction of sp³-hybridized carbons (Fsp3) is 0.769. The maximum absolute atomic E-state index is 11.6. The Morgan fingerprint density at radius 3 is 2.50 bits per heavy atom. The molecule has 1 spiro atoms. The average Bonchev–Trinajstić information content (AvgIpc) is 2.83. The summed E-state index contributed by atoms with van der Waals surface area (Å²) >= 11 is 0. The van der Waals surface area contributed by atoms with Crippen molar-refractivity contribution in [3.8, 4) is 0 Å². The first-order valence-electron chi connectivity index (χ1n) is 6.41. The first-order chi connectivity index (χ1) is 8.64. The molecule has 0 amide bonds. The Hall–Kier alpha value is -1.07. The van der Waals surface area contributed by atoms with Gasteiger partial charge in [0.05, 0.1) is 13.2 Å². The second-order valence-corrected chi connectivity index (χ2v) is 4.43. The molecular formula is C13H20O5. The van der Waals surface area contributed by atoms with Gasteiger partial charge in [0.25, 0.3) is 0 Å². The van der Waals surface area contributed by atoms with Crippen LogP contribution in [-0.2, 0) is 23.7 Å². The molecule has 0 saturated heterocycles. The van der Waals surface area contributed by atoms with Crippen LogP contribution in [0.1, 0.15) is 33.1 Å². The van der Waals surface area contributed by atoms with Crippen LogP contribution in [-0.4, -0.2) is 37.7 Å². The van der Waals surface area contributed by atoms with Crippen LogP contribution >= 0.6 is 0 Å². The van der Waals surface area contributed by atoms with Crippen molar-refractivity contribution in [2.45, 2.75) is 44.5 Å². The maximum Gasteiger partial charge on any atom is 0.335 e. The van der Waals surface area contributed by atoms with E-state index in [2.05, 4.69) is 0 Å². The van der Waals surface area contributed by atoms with Gasteiger partial charge in [-0.1, -0.05) is 0 Å². The molecule has 1 saturated carbocycles. The van der Waals surface area contributed by atoms with Gasteiger partial charge in [-0.2, -0.15) is 0 Å². The topological polar surface area (TPSA) is 54.0 Å². The van der Waals surface area contributed by atoms with Crippen molar-refractivity contribution < 1.29 is 23.7 Å². The van der Waals surface area contributed by atoms with Crippen LogP contribution in [0.15, 0.2) is 11.8 Å². The minimum absolute atomic E-state index is 0.391. The summed E-state index contributed by atoms with van der Waals surface area (Å²) in [7, 11) is 1.54. The van der Waals surface area contributed by atoms with Crippen LogP contribution < -0.4 is 0 Å². The zero-order chi connectivity index (χ0) is 13.2. The minimum Gasteiger partial charge on any atom is -0.496 e. The molecule has 1 fully saturated rings.